The molecule has 4 N–H and O–H groups in total. The predicted molar refractivity (Wildman–Crippen MR) is 95.5 cm³/mol. The molecule has 0 spiro atoms. The first kappa shape index (κ1) is 18.4. The molecule has 0 unspecified atom stereocenters. The second-order valence-corrected chi connectivity index (χ2v) is 6.01. The predicted octanol–water partition coefficient (Wildman–Crippen LogP) is 4.21. The minimum atomic E-state index is -4.55. The number of pyridine rings is 1. The third kappa shape index (κ3) is 3.91. The van der Waals surface area contributed by atoms with Crippen molar-refractivity contribution in [3.05, 3.63) is 53.5 Å². The fraction of sp³-hybridized carbons (Fsp3) is 0.167. The molecule has 6 nitrogen and oxygen atoms in total. The topological polar surface area (TPSA) is 97.0 Å². The number of aryl methyl sites for hydroxylation is 1. The molecule has 140 valence electrons. The van der Waals surface area contributed by atoms with Crippen LogP contribution in [0.1, 0.15) is 16.8 Å². The maximum Gasteiger partial charge on any atom is 0.433 e. The molecule has 0 bridgehead atoms. The van der Waals surface area contributed by atoms with Crippen LogP contribution < -0.4 is 11.1 Å². The van der Waals surface area contributed by atoms with Crippen molar-refractivity contribution >= 4 is 17.3 Å². The molecule has 0 amide bonds. The van der Waals surface area contributed by atoms with E-state index in [9.17, 15) is 18.3 Å². The van der Waals surface area contributed by atoms with Gasteiger partial charge >= 0.3 is 6.18 Å². The minimum absolute atomic E-state index is 0.165. The highest BCUT2D eigenvalue weighted by Crippen LogP contribution is 2.33. The number of aromatic nitrogens is 3. The molecule has 0 saturated heterocycles. The molecule has 1 aromatic carbocycles. The number of hydrogen-bond acceptors (Lipinski definition) is 6. The molecule has 3 aromatic rings. The van der Waals surface area contributed by atoms with Crippen LogP contribution in [-0.4, -0.2) is 20.1 Å². The van der Waals surface area contributed by atoms with Crippen LogP contribution in [-0.2, 0) is 6.18 Å². The summed E-state index contributed by atoms with van der Waals surface area (Å²) in [6, 6.07) is 6.15. The lowest BCUT2D eigenvalue weighted by Gasteiger charge is -2.13. The van der Waals surface area contributed by atoms with Crippen LogP contribution in [0.25, 0.3) is 11.1 Å². The molecule has 2 aromatic heterocycles. The van der Waals surface area contributed by atoms with Crippen molar-refractivity contribution in [2.45, 2.75) is 20.0 Å². The summed E-state index contributed by atoms with van der Waals surface area (Å²) in [6.07, 6.45) is -2.02. The fourth-order valence-electron chi connectivity index (χ4n) is 2.61. The summed E-state index contributed by atoms with van der Waals surface area (Å²) in [5.41, 5.74) is 8.41. The minimum Gasteiger partial charge on any atom is -0.492 e. The normalized spacial score (nSPS) is 11.4. The maximum atomic E-state index is 12.8. The standard InChI is InChI=1S/C18H16F3N5O/c1-9-5-11(13-8-24-16(27)15(22)10(13)2)7-12(6-9)25-17-23-4-3-14(26-17)18(19,20)21/h3-8H,22H2,1-2H3,(H,24,27)(H,23,25,26). The van der Waals surface area contributed by atoms with E-state index in [2.05, 4.69) is 20.3 Å². The summed E-state index contributed by atoms with van der Waals surface area (Å²) in [5, 5.41) is 12.4. The fourth-order valence-corrected chi connectivity index (χ4v) is 2.61. The lowest BCUT2D eigenvalue weighted by molar-refractivity contribution is -0.141. The van der Waals surface area contributed by atoms with E-state index in [0.717, 1.165) is 23.4 Å². The Morgan fingerprint density at radius 1 is 1.11 bits per heavy atom. The van der Waals surface area contributed by atoms with Gasteiger partial charge in [0.15, 0.2) is 0 Å². The monoisotopic (exact) mass is 375 g/mol. The number of nitrogens with two attached hydrogens (primary N) is 1. The number of hydrogen-bond donors (Lipinski definition) is 3. The van der Waals surface area contributed by atoms with E-state index < -0.39 is 11.9 Å². The Bertz CT molecular complexity index is 1000. The lowest BCUT2D eigenvalue weighted by atomic mass is 9.99. The van der Waals surface area contributed by atoms with E-state index in [4.69, 9.17) is 5.73 Å². The quantitative estimate of drug-likeness (QED) is 0.635. The first-order valence-corrected chi connectivity index (χ1v) is 7.88. The van der Waals surface area contributed by atoms with Gasteiger partial charge in [0.2, 0.25) is 11.8 Å². The summed E-state index contributed by atoms with van der Waals surface area (Å²) in [7, 11) is 0. The van der Waals surface area contributed by atoms with E-state index in [1.165, 1.54) is 6.20 Å². The van der Waals surface area contributed by atoms with Crippen molar-refractivity contribution in [2.75, 3.05) is 11.1 Å². The molecule has 0 aliphatic rings. The molecule has 9 heteroatoms. The Labute approximate surface area is 152 Å². The lowest BCUT2D eigenvalue weighted by Crippen LogP contribution is -2.10. The summed E-state index contributed by atoms with van der Waals surface area (Å²) < 4.78 is 38.4. The van der Waals surface area contributed by atoms with Gasteiger partial charge in [-0.15, -0.1) is 0 Å². The number of rotatable bonds is 3. The second-order valence-electron chi connectivity index (χ2n) is 6.01. The third-order valence-electron chi connectivity index (χ3n) is 3.96. The van der Waals surface area contributed by atoms with Gasteiger partial charge in [-0.3, -0.25) is 0 Å². The average Bonchev–Trinajstić information content (AvgIpc) is 2.59. The number of aromatic hydroxyl groups is 1. The van der Waals surface area contributed by atoms with Gasteiger partial charge in [-0.25, -0.2) is 15.0 Å². The highest BCUT2D eigenvalue weighted by molar-refractivity contribution is 5.77. The SMILES string of the molecule is Cc1cc(Nc2nccc(C(F)(F)F)n2)cc(-c2cnc(O)c(N)c2C)c1. The van der Waals surface area contributed by atoms with Gasteiger partial charge in [-0.1, -0.05) is 6.07 Å². The third-order valence-corrected chi connectivity index (χ3v) is 3.96. The van der Waals surface area contributed by atoms with Crippen molar-refractivity contribution in [1.29, 1.82) is 0 Å². The van der Waals surface area contributed by atoms with Crippen LogP contribution in [0.4, 0.5) is 30.5 Å². The van der Waals surface area contributed by atoms with Gasteiger partial charge in [0.1, 0.15) is 5.69 Å². The van der Waals surface area contributed by atoms with Crippen LogP contribution in [0.3, 0.4) is 0 Å². The van der Waals surface area contributed by atoms with Gasteiger partial charge in [-0.05, 0) is 48.7 Å². The Balaban J connectivity index is 1.99. The second kappa shape index (κ2) is 6.75. The molecule has 0 saturated carbocycles. The van der Waals surface area contributed by atoms with E-state index in [-0.39, 0.29) is 17.5 Å². The van der Waals surface area contributed by atoms with Gasteiger partial charge in [-0.2, -0.15) is 13.2 Å². The molecular weight excluding hydrogens is 359 g/mol. The molecule has 0 radical (unpaired) electrons. The smallest absolute Gasteiger partial charge is 0.433 e. The molecule has 2 heterocycles. The number of benzene rings is 1. The summed E-state index contributed by atoms with van der Waals surface area (Å²) in [4.78, 5) is 11.2. The molecule has 0 aliphatic heterocycles. The molecule has 0 aliphatic carbocycles. The zero-order chi connectivity index (χ0) is 19.8. The Kier molecular flexibility index (Phi) is 4.61. The van der Waals surface area contributed by atoms with E-state index in [1.807, 2.05) is 13.0 Å². The number of nitrogens with zero attached hydrogens (tertiary/aromatic N) is 3. The van der Waals surface area contributed by atoms with Crippen LogP contribution >= 0.6 is 0 Å². The molecular formula is C18H16F3N5O. The van der Waals surface area contributed by atoms with Crippen molar-refractivity contribution < 1.29 is 18.3 Å². The van der Waals surface area contributed by atoms with Crippen molar-refractivity contribution in [3.63, 3.8) is 0 Å². The van der Waals surface area contributed by atoms with Gasteiger partial charge in [0.25, 0.3) is 0 Å². The summed E-state index contributed by atoms with van der Waals surface area (Å²) in [5.74, 6) is -0.416. The van der Waals surface area contributed by atoms with E-state index in [0.29, 0.717) is 16.8 Å². The maximum absolute atomic E-state index is 12.8. The Morgan fingerprint density at radius 2 is 1.85 bits per heavy atom. The Morgan fingerprint density at radius 3 is 2.56 bits per heavy atom. The number of nitrogen functional groups attached to an aromatic ring is 1. The van der Waals surface area contributed by atoms with Gasteiger partial charge < -0.3 is 16.2 Å². The number of nitrogens with one attached hydrogen (secondary N) is 1. The van der Waals surface area contributed by atoms with Crippen molar-refractivity contribution in [3.8, 4) is 17.0 Å². The Hall–Kier alpha value is -3.36. The van der Waals surface area contributed by atoms with E-state index >= 15 is 0 Å². The van der Waals surface area contributed by atoms with Gasteiger partial charge in [0.05, 0.1) is 5.69 Å². The van der Waals surface area contributed by atoms with Crippen LogP contribution in [0.2, 0.25) is 0 Å². The molecule has 27 heavy (non-hydrogen) atoms. The number of halogens is 3. The van der Waals surface area contributed by atoms with Crippen molar-refractivity contribution in [2.24, 2.45) is 0 Å². The largest absolute Gasteiger partial charge is 0.492 e. The zero-order valence-corrected chi connectivity index (χ0v) is 14.5. The number of alkyl halides is 3. The molecule has 0 fully saturated rings. The first-order valence-electron chi connectivity index (χ1n) is 7.88. The summed E-state index contributed by atoms with van der Waals surface area (Å²) >= 11 is 0. The van der Waals surface area contributed by atoms with E-state index in [1.54, 1.807) is 19.1 Å². The molecule has 3 rings (SSSR count). The van der Waals surface area contributed by atoms with Crippen LogP contribution in [0.5, 0.6) is 5.88 Å². The van der Waals surface area contributed by atoms with Crippen LogP contribution in [0, 0.1) is 13.8 Å². The van der Waals surface area contributed by atoms with Crippen molar-refractivity contribution in [1.82, 2.24) is 15.0 Å². The highest BCUT2D eigenvalue weighted by atomic mass is 19.4. The zero-order valence-electron chi connectivity index (χ0n) is 14.5. The average molecular weight is 375 g/mol. The number of anilines is 3. The molecule has 0 atom stereocenters. The highest BCUT2D eigenvalue weighted by Gasteiger charge is 2.32. The van der Waals surface area contributed by atoms with Gasteiger partial charge in [0, 0.05) is 23.6 Å². The first-order chi connectivity index (χ1) is 12.6. The summed E-state index contributed by atoms with van der Waals surface area (Å²) in [6.45, 7) is 3.59. The van der Waals surface area contributed by atoms with Crippen LogP contribution in [0.15, 0.2) is 36.7 Å².